The van der Waals surface area contributed by atoms with E-state index in [0.717, 1.165) is 17.9 Å². The summed E-state index contributed by atoms with van der Waals surface area (Å²) in [6, 6.07) is 15.4. The van der Waals surface area contributed by atoms with Crippen LogP contribution in [0.15, 0.2) is 48.5 Å². The Morgan fingerprint density at radius 3 is 2.45 bits per heavy atom. The van der Waals surface area contributed by atoms with Gasteiger partial charge in [-0.3, -0.25) is 0 Å². The van der Waals surface area contributed by atoms with E-state index in [4.69, 9.17) is 10.5 Å². The molecule has 0 aromatic heterocycles. The van der Waals surface area contributed by atoms with Crippen LogP contribution in [0.2, 0.25) is 0 Å². The molecule has 0 spiro atoms. The Labute approximate surface area is 118 Å². The first-order valence-corrected chi connectivity index (χ1v) is 6.47. The molecule has 0 saturated carbocycles. The van der Waals surface area contributed by atoms with E-state index in [9.17, 15) is 4.79 Å². The van der Waals surface area contributed by atoms with Crippen molar-refractivity contribution in [1.29, 1.82) is 0 Å². The highest BCUT2D eigenvalue weighted by molar-refractivity contribution is 5.96. The summed E-state index contributed by atoms with van der Waals surface area (Å²) >= 11 is 0. The quantitative estimate of drug-likeness (QED) is 0.684. The van der Waals surface area contributed by atoms with Crippen LogP contribution in [0.4, 0.5) is 17.1 Å². The van der Waals surface area contributed by atoms with Crippen molar-refractivity contribution < 1.29 is 9.53 Å². The van der Waals surface area contributed by atoms with Gasteiger partial charge in [-0.2, -0.15) is 0 Å². The van der Waals surface area contributed by atoms with Crippen LogP contribution >= 0.6 is 0 Å². The summed E-state index contributed by atoms with van der Waals surface area (Å²) < 4.78 is 4.75. The standard InChI is InChI=1S/C16H18N2O2/c1-3-18(12-7-5-4-6-8-12)13-9-10-15(17)14(11-13)16(19)20-2/h4-11H,3,17H2,1-2H3. The Morgan fingerprint density at radius 1 is 1.15 bits per heavy atom. The van der Waals surface area contributed by atoms with E-state index in [1.54, 1.807) is 12.1 Å². The normalized spacial score (nSPS) is 10.1. The number of hydrogen-bond donors (Lipinski definition) is 1. The van der Waals surface area contributed by atoms with Gasteiger partial charge < -0.3 is 15.4 Å². The van der Waals surface area contributed by atoms with E-state index in [1.165, 1.54) is 7.11 Å². The first-order valence-electron chi connectivity index (χ1n) is 6.47. The molecular weight excluding hydrogens is 252 g/mol. The summed E-state index contributed by atoms with van der Waals surface area (Å²) in [5, 5.41) is 0. The molecule has 2 aromatic carbocycles. The number of ether oxygens (including phenoxy) is 1. The van der Waals surface area contributed by atoms with Crippen LogP contribution in [0.1, 0.15) is 17.3 Å². The fourth-order valence-electron chi connectivity index (χ4n) is 2.12. The number of nitrogens with two attached hydrogens (primary N) is 1. The van der Waals surface area contributed by atoms with Crippen molar-refractivity contribution in [3.8, 4) is 0 Å². The number of esters is 1. The van der Waals surface area contributed by atoms with Gasteiger partial charge in [0.05, 0.1) is 12.7 Å². The van der Waals surface area contributed by atoms with Crippen LogP contribution in [0, 0.1) is 0 Å². The predicted octanol–water partition coefficient (Wildman–Crippen LogP) is 3.21. The minimum absolute atomic E-state index is 0.388. The van der Waals surface area contributed by atoms with Gasteiger partial charge in [-0.15, -0.1) is 0 Å². The van der Waals surface area contributed by atoms with Crippen LogP contribution in [-0.4, -0.2) is 19.6 Å². The Bertz CT molecular complexity index is 597. The molecule has 0 amide bonds. The van der Waals surface area contributed by atoms with Crippen LogP contribution in [0.3, 0.4) is 0 Å². The summed E-state index contributed by atoms with van der Waals surface area (Å²) in [6.07, 6.45) is 0. The van der Waals surface area contributed by atoms with Gasteiger partial charge in [0.15, 0.2) is 0 Å². The molecule has 104 valence electrons. The fraction of sp³-hybridized carbons (Fsp3) is 0.188. The number of rotatable bonds is 4. The molecule has 0 unspecified atom stereocenters. The summed E-state index contributed by atoms with van der Waals surface area (Å²) in [7, 11) is 1.35. The number of methoxy groups -OCH3 is 1. The first kappa shape index (κ1) is 13.9. The maximum atomic E-state index is 11.7. The number of nitrogens with zero attached hydrogens (tertiary/aromatic N) is 1. The molecule has 4 heteroatoms. The zero-order valence-electron chi connectivity index (χ0n) is 11.7. The average molecular weight is 270 g/mol. The number of para-hydroxylation sites is 1. The molecule has 2 aromatic rings. The number of nitrogen functional groups attached to an aromatic ring is 1. The van der Waals surface area contributed by atoms with E-state index in [2.05, 4.69) is 11.8 Å². The molecule has 0 radical (unpaired) electrons. The number of carbonyl (C=O) groups is 1. The van der Waals surface area contributed by atoms with E-state index >= 15 is 0 Å². The summed E-state index contributed by atoms with van der Waals surface area (Å²) in [4.78, 5) is 13.8. The molecule has 0 saturated heterocycles. The van der Waals surface area contributed by atoms with Crippen molar-refractivity contribution >= 4 is 23.0 Å². The maximum absolute atomic E-state index is 11.7. The third-order valence-corrected chi connectivity index (χ3v) is 3.14. The Kier molecular flexibility index (Phi) is 4.25. The van der Waals surface area contributed by atoms with Crippen molar-refractivity contribution in [2.45, 2.75) is 6.92 Å². The van der Waals surface area contributed by atoms with E-state index in [1.807, 2.05) is 36.4 Å². The summed E-state index contributed by atoms with van der Waals surface area (Å²) in [5.41, 5.74) is 8.61. The largest absolute Gasteiger partial charge is 0.465 e. The van der Waals surface area contributed by atoms with Crippen LogP contribution < -0.4 is 10.6 Å². The highest BCUT2D eigenvalue weighted by Gasteiger charge is 2.14. The first-order chi connectivity index (χ1) is 9.67. The van der Waals surface area contributed by atoms with Gasteiger partial charge in [-0.25, -0.2) is 4.79 Å². The molecule has 4 nitrogen and oxygen atoms in total. The van der Waals surface area contributed by atoms with Crippen molar-refractivity contribution in [2.24, 2.45) is 0 Å². The minimum Gasteiger partial charge on any atom is -0.465 e. The van der Waals surface area contributed by atoms with Crippen molar-refractivity contribution in [1.82, 2.24) is 0 Å². The molecular formula is C16H18N2O2. The van der Waals surface area contributed by atoms with Gasteiger partial charge in [0.2, 0.25) is 0 Å². The molecule has 0 aliphatic carbocycles. The molecule has 20 heavy (non-hydrogen) atoms. The van der Waals surface area contributed by atoms with E-state index in [0.29, 0.717) is 11.3 Å². The Hall–Kier alpha value is -2.49. The second-order valence-electron chi connectivity index (χ2n) is 4.34. The van der Waals surface area contributed by atoms with Crippen LogP contribution in [-0.2, 0) is 4.74 Å². The van der Waals surface area contributed by atoms with Crippen molar-refractivity contribution in [3.63, 3.8) is 0 Å². The molecule has 0 fully saturated rings. The van der Waals surface area contributed by atoms with E-state index in [-0.39, 0.29) is 0 Å². The Morgan fingerprint density at radius 2 is 1.85 bits per heavy atom. The lowest BCUT2D eigenvalue weighted by atomic mass is 10.1. The van der Waals surface area contributed by atoms with Crippen molar-refractivity contribution in [2.75, 3.05) is 24.3 Å². The fourth-order valence-corrected chi connectivity index (χ4v) is 2.12. The van der Waals surface area contributed by atoms with Gasteiger partial charge in [-0.1, -0.05) is 18.2 Å². The smallest absolute Gasteiger partial charge is 0.340 e. The highest BCUT2D eigenvalue weighted by atomic mass is 16.5. The van der Waals surface area contributed by atoms with Gasteiger partial charge >= 0.3 is 5.97 Å². The van der Waals surface area contributed by atoms with Crippen LogP contribution in [0.5, 0.6) is 0 Å². The molecule has 0 heterocycles. The molecule has 2 N–H and O–H groups in total. The van der Waals surface area contributed by atoms with Gasteiger partial charge in [-0.05, 0) is 37.3 Å². The average Bonchev–Trinajstić information content (AvgIpc) is 2.50. The second-order valence-corrected chi connectivity index (χ2v) is 4.34. The molecule has 0 aliphatic heterocycles. The monoisotopic (exact) mass is 270 g/mol. The Balaban J connectivity index is 2.43. The lowest BCUT2D eigenvalue weighted by Crippen LogP contribution is -2.17. The lowest BCUT2D eigenvalue weighted by Gasteiger charge is -2.24. The van der Waals surface area contributed by atoms with Gasteiger partial charge in [0, 0.05) is 23.6 Å². The SMILES string of the molecule is CCN(c1ccccc1)c1ccc(N)c(C(=O)OC)c1. The predicted molar refractivity (Wildman–Crippen MR) is 81.3 cm³/mol. The molecule has 0 bridgehead atoms. The number of hydrogen-bond acceptors (Lipinski definition) is 4. The zero-order chi connectivity index (χ0) is 14.5. The third-order valence-electron chi connectivity index (χ3n) is 3.14. The van der Waals surface area contributed by atoms with Gasteiger partial charge in [0.1, 0.15) is 0 Å². The number of anilines is 3. The third kappa shape index (κ3) is 2.74. The maximum Gasteiger partial charge on any atom is 0.340 e. The molecule has 2 rings (SSSR count). The summed E-state index contributed by atoms with van der Waals surface area (Å²) in [5.74, 6) is -0.423. The van der Waals surface area contributed by atoms with Gasteiger partial charge in [0.25, 0.3) is 0 Å². The van der Waals surface area contributed by atoms with Crippen LogP contribution in [0.25, 0.3) is 0 Å². The highest BCUT2D eigenvalue weighted by Crippen LogP contribution is 2.28. The van der Waals surface area contributed by atoms with E-state index < -0.39 is 5.97 Å². The zero-order valence-corrected chi connectivity index (χ0v) is 11.7. The lowest BCUT2D eigenvalue weighted by molar-refractivity contribution is 0.0602. The number of benzene rings is 2. The summed E-state index contributed by atoms with van der Waals surface area (Å²) in [6.45, 7) is 2.84. The minimum atomic E-state index is -0.423. The molecule has 0 aliphatic rings. The second kappa shape index (κ2) is 6.10. The van der Waals surface area contributed by atoms with Crippen molar-refractivity contribution in [3.05, 3.63) is 54.1 Å². The number of carbonyl (C=O) groups excluding carboxylic acids is 1. The topological polar surface area (TPSA) is 55.6 Å². The molecule has 0 atom stereocenters.